The van der Waals surface area contributed by atoms with Crippen molar-refractivity contribution in [3.8, 4) is 0 Å². The molecule has 2 N–H and O–H groups in total. The van der Waals surface area contributed by atoms with E-state index in [2.05, 4.69) is 0 Å². The number of aliphatic hydroxyl groups excluding tert-OH is 2. The van der Waals surface area contributed by atoms with E-state index in [4.69, 9.17) is 5.11 Å². The van der Waals surface area contributed by atoms with Crippen molar-refractivity contribution >= 4 is 0 Å². The molecule has 1 saturated carbocycles. The Morgan fingerprint density at radius 2 is 2.00 bits per heavy atom. The van der Waals surface area contributed by atoms with Crippen LogP contribution < -0.4 is 0 Å². The number of rotatable bonds is 0. The average Bonchev–Trinajstić information content (AvgIpc) is 2.24. The third-order valence-corrected chi connectivity index (χ3v) is 2.37. The standard InChI is InChI=1S/C7H10O2/c8-6-2-4-1-5(6)3-7(4)9/h4,7-9H,1-3H2. The fraction of sp³-hybridized carbons (Fsp3) is 0.714. The van der Waals surface area contributed by atoms with Crippen LogP contribution in [0, 0.1) is 5.92 Å². The van der Waals surface area contributed by atoms with Gasteiger partial charge in [0.05, 0.1) is 11.9 Å². The van der Waals surface area contributed by atoms with Crippen LogP contribution in [-0.2, 0) is 0 Å². The number of aliphatic hydroxyl groups is 2. The third-order valence-electron chi connectivity index (χ3n) is 2.37. The summed E-state index contributed by atoms with van der Waals surface area (Å²) in [6, 6.07) is 0. The molecule has 2 heteroatoms. The number of fused-ring (bicyclic) bond motifs is 2. The Morgan fingerprint density at radius 1 is 1.22 bits per heavy atom. The molecule has 2 rings (SSSR count). The van der Waals surface area contributed by atoms with E-state index in [1.807, 2.05) is 0 Å². The molecule has 0 radical (unpaired) electrons. The van der Waals surface area contributed by atoms with Crippen molar-refractivity contribution in [1.29, 1.82) is 0 Å². The Labute approximate surface area is 53.8 Å². The van der Waals surface area contributed by atoms with Gasteiger partial charge in [0.25, 0.3) is 0 Å². The van der Waals surface area contributed by atoms with Gasteiger partial charge in [-0.3, -0.25) is 0 Å². The van der Waals surface area contributed by atoms with Crippen molar-refractivity contribution < 1.29 is 10.2 Å². The topological polar surface area (TPSA) is 40.5 Å². The van der Waals surface area contributed by atoms with Gasteiger partial charge in [0.2, 0.25) is 0 Å². The molecule has 0 aromatic rings. The summed E-state index contributed by atoms with van der Waals surface area (Å²) in [5.41, 5.74) is 1.09. The van der Waals surface area contributed by atoms with Crippen molar-refractivity contribution in [3.63, 3.8) is 0 Å². The molecule has 0 heterocycles. The summed E-state index contributed by atoms with van der Waals surface area (Å²) in [6.07, 6.45) is 2.22. The normalized spacial score (nSPS) is 40.6. The highest BCUT2D eigenvalue weighted by atomic mass is 16.3. The molecule has 2 bridgehead atoms. The van der Waals surface area contributed by atoms with E-state index in [1.165, 1.54) is 0 Å². The summed E-state index contributed by atoms with van der Waals surface area (Å²) in [6.45, 7) is 0. The van der Waals surface area contributed by atoms with Crippen LogP contribution in [0.3, 0.4) is 0 Å². The predicted octanol–water partition coefficient (Wildman–Crippen LogP) is 0.973. The van der Waals surface area contributed by atoms with Crippen LogP contribution in [0.2, 0.25) is 0 Å². The van der Waals surface area contributed by atoms with Gasteiger partial charge in [-0.15, -0.1) is 0 Å². The van der Waals surface area contributed by atoms with Gasteiger partial charge in [0.15, 0.2) is 0 Å². The number of hydrogen-bond acceptors (Lipinski definition) is 2. The van der Waals surface area contributed by atoms with Crippen LogP contribution in [0.15, 0.2) is 11.3 Å². The maximum atomic E-state index is 9.19. The highest BCUT2D eigenvalue weighted by Crippen LogP contribution is 2.42. The van der Waals surface area contributed by atoms with Gasteiger partial charge >= 0.3 is 0 Å². The minimum atomic E-state index is -0.157. The molecule has 0 amide bonds. The zero-order chi connectivity index (χ0) is 6.43. The van der Waals surface area contributed by atoms with Crippen molar-refractivity contribution in [2.75, 3.05) is 0 Å². The second kappa shape index (κ2) is 1.51. The van der Waals surface area contributed by atoms with E-state index < -0.39 is 0 Å². The number of allylic oxidation sites excluding steroid dienone is 1. The molecule has 0 saturated heterocycles. The molecule has 0 spiro atoms. The Kier molecular flexibility index (Phi) is 0.887. The van der Waals surface area contributed by atoms with E-state index in [-0.39, 0.29) is 6.10 Å². The van der Waals surface area contributed by atoms with Gasteiger partial charge < -0.3 is 10.2 Å². The summed E-state index contributed by atoms with van der Waals surface area (Å²) >= 11 is 0. The minimum Gasteiger partial charge on any atom is -0.512 e. The first kappa shape index (κ1) is 5.30. The summed E-state index contributed by atoms with van der Waals surface area (Å²) < 4.78 is 0. The Morgan fingerprint density at radius 3 is 2.33 bits per heavy atom. The molecule has 2 aliphatic rings. The minimum absolute atomic E-state index is 0.157. The number of hydrogen-bond donors (Lipinski definition) is 2. The molecular formula is C7H10O2. The Balaban J connectivity index is 2.28. The van der Waals surface area contributed by atoms with Crippen molar-refractivity contribution in [2.24, 2.45) is 5.92 Å². The lowest BCUT2D eigenvalue weighted by Crippen LogP contribution is -2.14. The van der Waals surface area contributed by atoms with Crippen molar-refractivity contribution in [3.05, 3.63) is 11.3 Å². The molecule has 0 aromatic heterocycles. The summed E-state index contributed by atoms with van der Waals surface area (Å²) in [4.78, 5) is 0. The molecule has 0 aliphatic heterocycles. The lowest BCUT2D eigenvalue weighted by Gasteiger charge is -2.12. The van der Waals surface area contributed by atoms with E-state index in [0.29, 0.717) is 11.7 Å². The molecule has 2 nitrogen and oxygen atoms in total. The Hall–Kier alpha value is -0.500. The van der Waals surface area contributed by atoms with Crippen LogP contribution in [0.1, 0.15) is 19.3 Å². The van der Waals surface area contributed by atoms with Gasteiger partial charge in [-0.2, -0.15) is 0 Å². The largest absolute Gasteiger partial charge is 0.512 e. The highest BCUT2D eigenvalue weighted by molar-refractivity contribution is 5.23. The van der Waals surface area contributed by atoms with Crippen molar-refractivity contribution in [2.45, 2.75) is 25.4 Å². The SMILES string of the molecule is OC1=C2CC(O)C(C1)C2. The predicted molar refractivity (Wildman–Crippen MR) is 33.0 cm³/mol. The molecule has 9 heavy (non-hydrogen) atoms. The summed E-state index contributed by atoms with van der Waals surface area (Å²) in [7, 11) is 0. The lowest BCUT2D eigenvalue weighted by atomic mass is 10.0. The molecule has 1 fully saturated rings. The van der Waals surface area contributed by atoms with E-state index in [1.54, 1.807) is 0 Å². The molecule has 2 atom stereocenters. The van der Waals surface area contributed by atoms with Gasteiger partial charge in [0.1, 0.15) is 0 Å². The lowest BCUT2D eigenvalue weighted by molar-refractivity contribution is 0.122. The quantitative estimate of drug-likeness (QED) is 0.507. The van der Waals surface area contributed by atoms with E-state index >= 15 is 0 Å². The second-order valence-corrected chi connectivity index (χ2v) is 2.99. The first-order valence-corrected chi connectivity index (χ1v) is 3.35. The summed E-state index contributed by atoms with van der Waals surface area (Å²) in [5.74, 6) is 0.894. The monoisotopic (exact) mass is 126 g/mol. The molecule has 0 aromatic carbocycles. The van der Waals surface area contributed by atoms with Crippen LogP contribution in [0.4, 0.5) is 0 Å². The highest BCUT2D eigenvalue weighted by Gasteiger charge is 2.37. The fourth-order valence-corrected chi connectivity index (χ4v) is 1.79. The first-order chi connectivity index (χ1) is 4.27. The molecular weight excluding hydrogens is 116 g/mol. The smallest absolute Gasteiger partial charge is 0.0919 e. The van der Waals surface area contributed by atoms with Crippen LogP contribution >= 0.6 is 0 Å². The average molecular weight is 126 g/mol. The zero-order valence-electron chi connectivity index (χ0n) is 5.17. The maximum Gasteiger partial charge on any atom is 0.0919 e. The molecule has 2 unspecified atom stereocenters. The molecule has 50 valence electrons. The van der Waals surface area contributed by atoms with Gasteiger partial charge in [-0.25, -0.2) is 0 Å². The van der Waals surface area contributed by atoms with Crippen LogP contribution in [0.5, 0.6) is 0 Å². The van der Waals surface area contributed by atoms with Gasteiger partial charge in [0, 0.05) is 6.42 Å². The first-order valence-electron chi connectivity index (χ1n) is 3.35. The summed E-state index contributed by atoms with van der Waals surface area (Å²) in [5, 5.41) is 18.3. The zero-order valence-corrected chi connectivity index (χ0v) is 5.17. The third kappa shape index (κ3) is 0.597. The van der Waals surface area contributed by atoms with E-state index in [9.17, 15) is 5.11 Å². The maximum absolute atomic E-state index is 9.19. The fourth-order valence-electron chi connectivity index (χ4n) is 1.79. The molecule has 2 aliphatic carbocycles. The van der Waals surface area contributed by atoms with Crippen LogP contribution in [-0.4, -0.2) is 16.3 Å². The van der Waals surface area contributed by atoms with Gasteiger partial charge in [-0.1, -0.05) is 0 Å². The van der Waals surface area contributed by atoms with Crippen LogP contribution in [0.25, 0.3) is 0 Å². The van der Waals surface area contributed by atoms with Gasteiger partial charge in [-0.05, 0) is 24.3 Å². The van der Waals surface area contributed by atoms with E-state index in [0.717, 1.165) is 24.8 Å². The Bertz CT molecular complexity index is 170. The second-order valence-electron chi connectivity index (χ2n) is 2.99. The van der Waals surface area contributed by atoms with Crippen molar-refractivity contribution in [1.82, 2.24) is 0 Å².